The molecule has 0 spiro atoms. The molecule has 1 aromatic carbocycles. The van der Waals surface area contributed by atoms with E-state index in [-0.39, 0.29) is 17.6 Å². The summed E-state index contributed by atoms with van der Waals surface area (Å²) in [5, 5.41) is 23.3. The Balaban J connectivity index is 1.70. The molecule has 1 aliphatic rings. The van der Waals surface area contributed by atoms with Crippen LogP contribution >= 0.6 is 11.3 Å². The van der Waals surface area contributed by atoms with Crippen molar-refractivity contribution in [3.8, 4) is 10.6 Å². The van der Waals surface area contributed by atoms with Crippen molar-refractivity contribution in [2.45, 2.75) is 32.4 Å². The highest BCUT2D eigenvalue weighted by atomic mass is 32.1. The number of thiazole rings is 1. The smallest absolute Gasteiger partial charge is 0.273 e. The van der Waals surface area contributed by atoms with Gasteiger partial charge in [-0.2, -0.15) is 0 Å². The molecule has 2 aromatic rings. The summed E-state index contributed by atoms with van der Waals surface area (Å²) < 4.78 is 0. The number of aliphatic hydroxyl groups is 1. The van der Waals surface area contributed by atoms with Crippen molar-refractivity contribution >= 4 is 22.9 Å². The number of piperazine rings is 1. The summed E-state index contributed by atoms with van der Waals surface area (Å²) in [6.45, 7) is 7.99. The van der Waals surface area contributed by atoms with Crippen LogP contribution in [0.3, 0.4) is 0 Å². The van der Waals surface area contributed by atoms with Crippen LogP contribution in [0, 0.1) is 10.1 Å². The first-order chi connectivity index (χ1) is 13.1. The fourth-order valence-electron chi connectivity index (χ4n) is 3.33. The van der Waals surface area contributed by atoms with E-state index in [0.717, 1.165) is 0 Å². The minimum Gasteiger partial charge on any atom is -0.389 e. The Bertz CT molecular complexity index is 877. The van der Waals surface area contributed by atoms with Gasteiger partial charge in [0.05, 0.1) is 10.5 Å². The molecule has 0 aliphatic carbocycles. The monoisotopic (exact) mass is 404 g/mol. The van der Waals surface area contributed by atoms with Crippen LogP contribution in [0.2, 0.25) is 0 Å². The highest BCUT2D eigenvalue weighted by Crippen LogP contribution is 2.27. The van der Waals surface area contributed by atoms with Gasteiger partial charge in [0.25, 0.3) is 11.6 Å². The molecule has 1 aliphatic heterocycles. The maximum atomic E-state index is 12.9. The van der Waals surface area contributed by atoms with E-state index in [4.69, 9.17) is 0 Å². The molecular weight excluding hydrogens is 380 g/mol. The maximum Gasteiger partial charge on any atom is 0.273 e. The van der Waals surface area contributed by atoms with Gasteiger partial charge in [0, 0.05) is 55.3 Å². The Labute approximate surface area is 167 Å². The number of rotatable bonds is 5. The van der Waals surface area contributed by atoms with Gasteiger partial charge in [0.2, 0.25) is 0 Å². The number of β-amino-alcohol motifs (C(OH)–C–C–N with tert-alkyl or cyclic N) is 1. The molecule has 0 radical (unpaired) electrons. The van der Waals surface area contributed by atoms with Gasteiger partial charge >= 0.3 is 0 Å². The zero-order valence-corrected chi connectivity index (χ0v) is 17.0. The lowest BCUT2D eigenvalue weighted by Gasteiger charge is -2.41. The van der Waals surface area contributed by atoms with E-state index in [0.29, 0.717) is 42.4 Å². The molecule has 28 heavy (non-hydrogen) atoms. The predicted octanol–water partition coefficient (Wildman–Crippen LogP) is 2.64. The molecule has 2 heterocycles. The summed E-state index contributed by atoms with van der Waals surface area (Å²) in [5.74, 6) is -0.136. The normalized spacial score (nSPS) is 18.3. The number of nitrogens with zero attached hydrogens (tertiary/aromatic N) is 4. The Morgan fingerprint density at radius 1 is 1.43 bits per heavy atom. The summed E-state index contributed by atoms with van der Waals surface area (Å²) in [6, 6.07) is 6.39. The number of hydrogen-bond donors (Lipinski definition) is 1. The van der Waals surface area contributed by atoms with Gasteiger partial charge in [-0.15, -0.1) is 11.3 Å². The van der Waals surface area contributed by atoms with E-state index < -0.39 is 10.5 Å². The lowest BCUT2D eigenvalue weighted by Crippen LogP contribution is -2.56. The van der Waals surface area contributed by atoms with Crippen LogP contribution in [0.4, 0.5) is 5.69 Å². The quantitative estimate of drug-likeness (QED) is 0.607. The molecule has 3 rings (SSSR count). The van der Waals surface area contributed by atoms with Crippen LogP contribution in [-0.2, 0) is 0 Å². The van der Waals surface area contributed by atoms with Crippen LogP contribution in [-0.4, -0.2) is 68.5 Å². The number of carbonyl (C=O) groups is 1. The van der Waals surface area contributed by atoms with E-state index >= 15 is 0 Å². The van der Waals surface area contributed by atoms with E-state index in [1.807, 2.05) is 6.92 Å². The molecule has 9 heteroatoms. The van der Waals surface area contributed by atoms with Crippen molar-refractivity contribution in [2.24, 2.45) is 0 Å². The molecule has 1 N–H and O–H groups in total. The topological polar surface area (TPSA) is 99.8 Å². The van der Waals surface area contributed by atoms with Crippen LogP contribution < -0.4 is 0 Å². The summed E-state index contributed by atoms with van der Waals surface area (Å²) in [6.07, 6.45) is 0. The Hall–Kier alpha value is -2.36. The van der Waals surface area contributed by atoms with Crippen LogP contribution in [0.5, 0.6) is 0 Å². The highest BCUT2D eigenvalue weighted by Gasteiger charge is 2.31. The van der Waals surface area contributed by atoms with Gasteiger partial charge in [-0.05, 0) is 20.8 Å². The number of aromatic nitrogens is 1. The Morgan fingerprint density at radius 2 is 2.18 bits per heavy atom. The summed E-state index contributed by atoms with van der Waals surface area (Å²) in [5.41, 5.74) is 0.205. The van der Waals surface area contributed by atoms with Gasteiger partial charge in [-0.25, -0.2) is 4.98 Å². The lowest BCUT2D eigenvalue weighted by molar-refractivity contribution is -0.384. The Kier molecular flexibility index (Phi) is 5.78. The van der Waals surface area contributed by atoms with E-state index in [1.54, 1.807) is 36.3 Å². The molecule has 0 unspecified atom stereocenters. The molecule has 1 saturated heterocycles. The van der Waals surface area contributed by atoms with Crippen molar-refractivity contribution in [1.29, 1.82) is 0 Å². The fourth-order valence-corrected chi connectivity index (χ4v) is 4.12. The first-order valence-electron chi connectivity index (χ1n) is 9.10. The molecule has 1 amide bonds. The molecule has 1 atom stereocenters. The predicted molar refractivity (Wildman–Crippen MR) is 107 cm³/mol. The van der Waals surface area contributed by atoms with E-state index in [1.165, 1.54) is 23.5 Å². The first kappa shape index (κ1) is 20.4. The lowest BCUT2D eigenvalue weighted by atomic mass is 10.1. The largest absolute Gasteiger partial charge is 0.389 e. The standard InChI is InChI=1S/C19H24N4O4S/c1-13-10-21(7-8-22(13)12-19(2,3)25)18(24)16-11-28-17(20-16)14-5-4-6-15(9-14)23(26)27/h4-6,9,11,13,25H,7-8,10,12H2,1-3H3/t13-/m0/s1. The first-order valence-corrected chi connectivity index (χ1v) is 9.98. The third kappa shape index (κ3) is 4.73. The number of benzene rings is 1. The second kappa shape index (κ2) is 7.94. The van der Waals surface area contributed by atoms with Crippen molar-refractivity contribution in [1.82, 2.24) is 14.8 Å². The van der Waals surface area contributed by atoms with Crippen LogP contribution in [0.25, 0.3) is 10.6 Å². The fraction of sp³-hybridized carbons (Fsp3) is 0.474. The van der Waals surface area contributed by atoms with Gasteiger partial charge in [-0.3, -0.25) is 19.8 Å². The van der Waals surface area contributed by atoms with Crippen molar-refractivity contribution in [2.75, 3.05) is 26.2 Å². The number of carbonyl (C=O) groups excluding carboxylic acids is 1. The number of nitro groups is 1. The summed E-state index contributed by atoms with van der Waals surface area (Å²) in [4.78, 5) is 31.7. The maximum absolute atomic E-state index is 12.9. The zero-order chi connectivity index (χ0) is 20.5. The SMILES string of the molecule is C[C@H]1CN(C(=O)c2csc(-c3cccc([N+](=O)[O-])c3)n2)CCN1CC(C)(C)O. The number of hydrogen-bond acceptors (Lipinski definition) is 7. The van der Waals surface area contributed by atoms with Crippen LogP contribution in [0.1, 0.15) is 31.3 Å². The molecule has 0 saturated carbocycles. The van der Waals surface area contributed by atoms with Crippen molar-refractivity contribution < 1.29 is 14.8 Å². The molecule has 1 aromatic heterocycles. The summed E-state index contributed by atoms with van der Waals surface area (Å²) in [7, 11) is 0. The minimum absolute atomic E-state index is 0.00247. The molecule has 8 nitrogen and oxygen atoms in total. The van der Waals surface area contributed by atoms with Gasteiger partial charge < -0.3 is 10.0 Å². The summed E-state index contributed by atoms with van der Waals surface area (Å²) >= 11 is 1.30. The van der Waals surface area contributed by atoms with E-state index in [2.05, 4.69) is 9.88 Å². The van der Waals surface area contributed by atoms with Gasteiger partial charge in [0.15, 0.2) is 0 Å². The Morgan fingerprint density at radius 3 is 2.82 bits per heavy atom. The number of amides is 1. The molecule has 1 fully saturated rings. The molecule has 150 valence electrons. The second-order valence-electron chi connectivity index (χ2n) is 7.73. The third-order valence-corrected chi connectivity index (χ3v) is 5.56. The average molecular weight is 404 g/mol. The van der Waals surface area contributed by atoms with E-state index in [9.17, 15) is 20.0 Å². The number of nitro benzene ring substituents is 1. The number of non-ortho nitro benzene ring substituents is 1. The molecule has 0 bridgehead atoms. The second-order valence-corrected chi connectivity index (χ2v) is 8.59. The van der Waals surface area contributed by atoms with Crippen LogP contribution in [0.15, 0.2) is 29.6 Å². The van der Waals surface area contributed by atoms with Crippen molar-refractivity contribution in [3.63, 3.8) is 0 Å². The minimum atomic E-state index is -0.775. The van der Waals surface area contributed by atoms with Gasteiger partial charge in [0.1, 0.15) is 10.7 Å². The van der Waals surface area contributed by atoms with Crippen molar-refractivity contribution in [3.05, 3.63) is 45.5 Å². The third-order valence-electron chi connectivity index (χ3n) is 4.67. The van der Waals surface area contributed by atoms with Gasteiger partial charge in [-0.1, -0.05) is 12.1 Å². The average Bonchev–Trinajstić information content (AvgIpc) is 3.12. The molecular formula is C19H24N4O4S. The zero-order valence-electron chi connectivity index (χ0n) is 16.2. The highest BCUT2D eigenvalue weighted by molar-refractivity contribution is 7.13.